The van der Waals surface area contributed by atoms with Crippen molar-refractivity contribution in [2.45, 2.75) is 39.2 Å². The summed E-state index contributed by atoms with van der Waals surface area (Å²) in [5.41, 5.74) is 3.01. The van der Waals surface area contributed by atoms with Crippen molar-refractivity contribution in [3.05, 3.63) is 34.9 Å². The van der Waals surface area contributed by atoms with Crippen molar-refractivity contribution in [1.29, 1.82) is 0 Å². The number of carbonyl (C=O) groups excluding carboxylic acids is 1. The highest BCUT2D eigenvalue weighted by Crippen LogP contribution is 2.33. The Kier molecular flexibility index (Phi) is 4.11. The molecule has 0 radical (unpaired) electrons. The van der Waals surface area contributed by atoms with E-state index in [0.29, 0.717) is 6.04 Å². The fourth-order valence-electron chi connectivity index (χ4n) is 3.33. The zero-order valence-corrected chi connectivity index (χ0v) is 12.9. The Morgan fingerprint density at radius 3 is 2.67 bits per heavy atom. The Morgan fingerprint density at radius 2 is 1.95 bits per heavy atom. The fourth-order valence-corrected chi connectivity index (χ4v) is 3.33. The quantitative estimate of drug-likeness (QED) is 0.831. The monoisotopic (exact) mass is 285 g/mol. The van der Waals surface area contributed by atoms with Gasteiger partial charge in [-0.05, 0) is 61.7 Å². The molecule has 0 saturated carbocycles. The third-order valence-corrected chi connectivity index (χ3v) is 4.34. The smallest absolute Gasteiger partial charge is 0.186 e. The molecule has 0 unspecified atom stereocenters. The number of ketones is 1. The molecule has 3 rings (SSSR count). The largest absolute Gasteiger partial charge is 0.492 e. The molecule has 0 spiro atoms. The van der Waals surface area contributed by atoms with Gasteiger partial charge < -0.3 is 4.74 Å². The van der Waals surface area contributed by atoms with E-state index in [4.69, 9.17) is 4.74 Å². The second-order valence-electron chi connectivity index (χ2n) is 5.95. The Hall–Kier alpha value is -1.61. The molecule has 1 aliphatic carbocycles. The van der Waals surface area contributed by atoms with E-state index in [1.54, 1.807) is 6.08 Å². The summed E-state index contributed by atoms with van der Waals surface area (Å²) in [6, 6.07) is 4.49. The highest BCUT2D eigenvalue weighted by atomic mass is 16.5. The second kappa shape index (κ2) is 6.02. The van der Waals surface area contributed by atoms with Gasteiger partial charge in [-0.3, -0.25) is 9.69 Å². The summed E-state index contributed by atoms with van der Waals surface area (Å²) < 4.78 is 5.98. The molecular formula is C18H23NO2. The van der Waals surface area contributed by atoms with Crippen molar-refractivity contribution in [2.75, 3.05) is 19.7 Å². The minimum atomic E-state index is 0.119. The standard InChI is InChI=1S/C18H23NO2/c1-3-7-19(8-4-2)15-9-14-10-16-13(5-6-17(16)20)11-18(14)21-12-15/h5-6,10-11,15H,3-4,7-9,12H2,1-2H3/t15-/m0/s1. The van der Waals surface area contributed by atoms with Crippen LogP contribution in [0.1, 0.15) is 48.2 Å². The maximum Gasteiger partial charge on any atom is 0.186 e. The average molecular weight is 285 g/mol. The van der Waals surface area contributed by atoms with E-state index >= 15 is 0 Å². The lowest BCUT2D eigenvalue weighted by Gasteiger charge is -2.35. The van der Waals surface area contributed by atoms with Crippen molar-refractivity contribution >= 4 is 11.9 Å². The summed E-state index contributed by atoms with van der Waals surface area (Å²) in [5.74, 6) is 1.08. The van der Waals surface area contributed by atoms with Gasteiger partial charge in [0.05, 0.1) is 0 Å². The van der Waals surface area contributed by atoms with Gasteiger partial charge in [-0.1, -0.05) is 19.9 Å². The van der Waals surface area contributed by atoms with E-state index in [9.17, 15) is 4.79 Å². The van der Waals surface area contributed by atoms with E-state index < -0.39 is 0 Å². The molecular weight excluding hydrogens is 262 g/mol. The maximum absolute atomic E-state index is 11.8. The molecule has 3 heteroatoms. The van der Waals surface area contributed by atoms with Crippen LogP contribution >= 0.6 is 0 Å². The average Bonchev–Trinajstić information content (AvgIpc) is 2.85. The summed E-state index contributed by atoms with van der Waals surface area (Å²) >= 11 is 0. The lowest BCUT2D eigenvalue weighted by atomic mass is 9.96. The number of hydrogen-bond acceptors (Lipinski definition) is 3. The van der Waals surface area contributed by atoms with Crippen LogP contribution in [0.25, 0.3) is 6.08 Å². The van der Waals surface area contributed by atoms with Gasteiger partial charge in [0.25, 0.3) is 0 Å². The van der Waals surface area contributed by atoms with Crippen LogP contribution < -0.4 is 4.74 Å². The van der Waals surface area contributed by atoms with Crippen molar-refractivity contribution in [2.24, 2.45) is 0 Å². The van der Waals surface area contributed by atoms with Crippen molar-refractivity contribution < 1.29 is 9.53 Å². The zero-order valence-electron chi connectivity index (χ0n) is 12.9. The van der Waals surface area contributed by atoms with E-state index in [1.807, 2.05) is 18.2 Å². The highest BCUT2D eigenvalue weighted by molar-refractivity contribution is 6.13. The van der Waals surface area contributed by atoms with Gasteiger partial charge in [0, 0.05) is 11.6 Å². The molecule has 2 aliphatic rings. The van der Waals surface area contributed by atoms with Crippen molar-refractivity contribution in [3.8, 4) is 5.75 Å². The molecule has 0 saturated heterocycles. The number of fused-ring (bicyclic) bond motifs is 2. The Labute approximate surface area is 126 Å². The van der Waals surface area contributed by atoms with E-state index in [1.165, 1.54) is 5.56 Å². The first kappa shape index (κ1) is 14.3. The molecule has 1 atom stereocenters. The summed E-state index contributed by atoms with van der Waals surface area (Å²) in [6.07, 6.45) is 6.84. The van der Waals surface area contributed by atoms with Gasteiger partial charge in [-0.25, -0.2) is 0 Å². The number of hydrogen-bond donors (Lipinski definition) is 0. The van der Waals surface area contributed by atoms with Crippen molar-refractivity contribution in [1.82, 2.24) is 4.90 Å². The minimum Gasteiger partial charge on any atom is -0.492 e. The number of benzene rings is 1. The van der Waals surface area contributed by atoms with Crippen LogP contribution in [-0.2, 0) is 6.42 Å². The van der Waals surface area contributed by atoms with Crippen LogP contribution in [0.4, 0.5) is 0 Å². The molecule has 21 heavy (non-hydrogen) atoms. The number of ether oxygens (including phenoxy) is 1. The maximum atomic E-state index is 11.8. The third kappa shape index (κ3) is 2.75. The molecule has 1 heterocycles. The fraction of sp³-hybridized carbons (Fsp3) is 0.500. The predicted molar refractivity (Wildman–Crippen MR) is 84.9 cm³/mol. The minimum absolute atomic E-state index is 0.119. The number of nitrogens with zero attached hydrogens (tertiary/aromatic N) is 1. The summed E-state index contributed by atoms with van der Waals surface area (Å²) in [6.45, 7) is 7.42. The van der Waals surface area contributed by atoms with Crippen molar-refractivity contribution in [3.63, 3.8) is 0 Å². The lowest BCUT2D eigenvalue weighted by molar-refractivity contribution is 0.104. The number of carbonyl (C=O) groups is 1. The normalized spacial score (nSPS) is 19.6. The van der Waals surface area contributed by atoms with Crippen LogP contribution in [0.15, 0.2) is 18.2 Å². The van der Waals surface area contributed by atoms with Gasteiger partial charge in [0.2, 0.25) is 0 Å². The summed E-state index contributed by atoms with van der Waals surface area (Å²) in [4.78, 5) is 14.4. The van der Waals surface area contributed by atoms with Gasteiger partial charge in [-0.15, -0.1) is 0 Å². The first-order valence-corrected chi connectivity index (χ1v) is 7.99. The van der Waals surface area contributed by atoms with Crippen LogP contribution in [0.2, 0.25) is 0 Å². The molecule has 1 aromatic rings. The van der Waals surface area contributed by atoms with E-state index in [-0.39, 0.29) is 5.78 Å². The van der Waals surface area contributed by atoms with Gasteiger partial charge in [0.1, 0.15) is 12.4 Å². The molecule has 0 amide bonds. The third-order valence-electron chi connectivity index (χ3n) is 4.34. The molecule has 112 valence electrons. The Morgan fingerprint density at radius 1 is 1.19 bits per heavy atom. The first-order chi connectivity index (χ1) is 10.2. The molecule has 0 bridgehead atoms. The molecule has 0 aromatic heterocycles. The molecule has 3 nitrogen and oxygen atoms in total. The number of rotatable bonds is 5. The van der Waals surface area contributed by atoms with Crippen LogP contribution in [0.5, 0.6) is 5.75 Å². The van der Waals surface area contributed by atoms with Crippen LogP contribution in [0.3, 0.4) is 0 Å². The van der Waals surface area contributed by atoms with Gasteiger partial charge in [-0.2, -0.15) is 0 Å². The highest BCUT2D eigenvalue weighted by Gasteiger charge is 2.27. The van der Waals surface area contributed by atoms with Crippen LogP contribution in [0, 0.1) is 0 Å². The Bertz CT molecular complexity index is 571. The van der Waals surface area contributed by atoms with E-state index in [0.717, 1.165) is 55.8 Å². The molecule has 1 aliphatic heterocycles. The second-order valence-corrected chi connectivity index (χ2v) is 5.95. The lowest BCUT2D eigenvalue weighted by Crippen LogP contribution is -2.44. The van der Waals surface area contributed by atoms with Crippen LogP contribution in [-0.4, -0.2) is 36.4 Å². The first-order valence-electron chi connectivity index (χ1n) is 7.99. The zero-order chi connectivity index (χ0) is 14.8. The molecule has 1 aromatic carbocycles. The van der Waals surface area contributed by atoms with Gasteiger partial charge in [0.15, 0.2) is 5.78 Å². The molecule has 0 fully saturated rings. The molecule has 0 N–H and O–H groups in total. The summed E-state index contributed by atoms with van der Waals surface area (Å²) in [7, 11) is 0. The van der Waals surface area contributed by atoms with Gasteiger partial charge >= 0.3 is 0 Å². The number of allylic oxidation sites excluding steroid dienone is 1. The SMILES string of the molecule is CCCN(CCC)[C@@H]1COc2cc3c(cc2C1)C(=O)C=C3. The predicted octanol–water partition coefficient (Wildman–Crippen LogP) is 3.32. The summed E-state index contributed by atoms with van der Waals surface area (Å²) in [5, 5.41) is 0. The Balaban J connectivity index is 1.82. The van der Waals surface area contributed by atoms with E-state index in [2.05, 4.69) is 18.7 Å². The topological polar surface area (TPSA) is 29.5 Å².